The average molecular weight is 189 g/mol. The number of hydrogen-bond donors (Lipinski definition) is 1. The number of rotatable bonds is 1. The van der Waals surface area contributed by atoms with Crippen molar-refractivity contribution in [1.29, 1.82) is 0 Å². The molecule has 3 rings (SSSR count). The zero-order chi connectivity index (χ0) is 9.54. The third-order valence-corrected chi connectivity index (χ3v) is 3.27. The van der Waals surface area contributed by atoms with E-state index in [1.54, 1.807) is 0 Å². The molecule has 1 aliphatic carbocycles. The molecule has 0 saturated heterocycles. The number of benzene rings is 1. The van der Waals surface area contributed by atoms with Crippen LogP contribution in [0.5, 0.6) is 0 Å². The molecule has 2 atom stereocenters. The highest BCUT2D eigenvalue weighted by atomic mass is 16.5. The van der Waals surface area contributed by atoms with E-state index in [4.69, 9.17) is 10.5 Å². The second kappa shape index (κ2) is 3.07. The first-order valence-electron chi connectivity index (χ1n) is 5.29. The molecule has 0 spiro atoms. The minimum atomic E-state index is 0.410. The Balaban J connectivity index is 1.93. The Morgan fingerprint density at radius 2 is 2.14 bits per heavy atom. The minimum absolute atomic E-state index is 0.410. The van der Waals surface area contributed by atoms with Crippen LogP contribution >= 0.6 is 0 Å². The van der Waals surface area contributed by atoms with Gasteiger partial charge in [-0.05, 0) is 29.5 Å². The van der Waals surface area contributed by atoms with Crippen LogP contribution in [0.1, 0.15) is 29.0 Å². The summed E-state index contributed by atoms with van der Waals surface area (Å²) in [6, 6.07) is 7.16. The fraction of sp³-hybridized carbons (Fsp3) is 0.500. The van der Waals surface area contributed by atoms with Gasteiger partial charge in [-0.25, -0.2) is 0 Å². The van der Waals surface area contributed by atoms with Crippen molar-refractivity contribution >= 4 is 0 Å². The molecule has 2 N–H and O–H groups in total. The lowest BCUT2D eigenvalue weighted by Crippen LogP contribution is -2.10. The molecule has 1 aliphatic heterocycles. The highest BCUT2D eigenvalue weighted by Crippen LogP contribution is 2.39. The normalized spacial score (nSPS) is 29.8. The van der Waals surface area contributed by atoms with Crippen molar-refractivity contribution in [2.45, 2.75) is 31.4 Å². The van der Waals surface area contributed by atoms with E-state index in [9.17, 15) is 0 Å². The van der Waals surface area contributed by atoms with Crippen molar-refractivity contribution in [2.24, 2.45) is 5.73 Å². The molecule has 14 heavy (non-hydrogen) atoms. The average Bonchev–Trinajstić information content (AvgIpc) is 2.95. The van der Waals surface area contributed by atoms with Crippen molar-refractivity contribution in [3.8, 4) is 0 Å². The van der Waals surface area contributed by atoms with Crippen LogP contribution in [0.15, 0.2) is 18.2 Å². The molecule has 1 fully saturated rings. The molecule has 0 bridgehead atoms. The molecular formula is C12H15NO. The summed E-state index contributed by atoms with van der Waals surface area (Å²) in [5.41, 5.74) is 10.1. The summed E-state index contributed by atoms with van der Waals surface area (Å²) in [5.74, 6) is 0.628. The lowest BCUT2D eigenvalue weighted by Gasteiger charge is -2.17. The Hall–Kier alpha value is -0.860. The van der Waals surface area contributed by atoms with Crippen molar-refractivity contribution in [1.82, 2.24) is 0 Å². The van der Waals surface area contributed by atoms with Crippen molar-refractivity contribution in [2.75, 3.05) is 6.61 Å². The summed E-state index contributed by atoms with van der Waals surface area (Å²) < 4.78 is 5.41. The molecule has 2 unspecified atom stereocenters. The number of ether oxygens (including phenoxy) is 1. The first kappa shape index (κ1) is 8.45. The van der Waals surface area contributed by atoms with E-state index in [1.807, 2.05) is 0 Å². The Morgan fingerprint density at radius 3 is 2.93 bits per heavy atom. The van der Waals surface area contributed by atoms with Crippen molar-refractivity contribution in [3.63, 3.8) is 0 Å². The van der Waals surface area contributed by atoms with E-state index >= 15 is 0 Å². The molecule has 2 heteroatoms. The summed E-state index contributed by atoms with van der Waals surface area (Å²) in [6.07, 6.45) is 2.22. The minimum Gasteiger partial charge on any atom is -0.376 e. The molecule has 2 aliphatic rings. The monoisotopic (exact) mass is 189 g/mol. The Labute approximate surface area is 84.1 Å². The second-order valence-electron chi connectivity index (χ2n) is 4.34. The van der Waals surface area contributed by atoms with Gasteiger partial charge in [-0.3, -0.25) is 0 Å². The van der Waals surface area contributed by atoms with Gasteiger partial charge in [0.2, 0.25) is 0 Å². The van der Waals surface area contributed by atoms with E-state index in [1.165, 1.54) is 16.7 Å². The molecule has 1 aromatic carbocycles. The van der Waals surface area contributed by atoms with Crippen LogP contribution in [-0.4, -0.2) is 12.6 Å². The third kappa shape index (κ3) is 1.35. The second-order valence-corrected chi connectivity index (χ2v) is 4.34. The van der Waals surface area contributed by atoms with Crippen LogP contribution in [0.4, 0.5) is 0 Å². The quantitative estimate of drug-likeness (QED) is 0.728. The highest BCUT2D eigenvalue weighted by molar-refractivity contribution is 5.37. The van der Waals surface area contributed by atoms with Crippen LogP contribution in [0, 0.1) is 0 Å². The van der Waals surface area contributed by atoms with Crippen molar-refractivity contribution < 1.29 is 4.74 Å². The summed E-state index contributed by atoms with van der Waals surface area (Å²) >= 11 is 0. The van der Waals surface area contributed by atoms with E-state index in [-0.39, 0.29) is 0 Å². The number of hydrogen-bond acceptors (Lipinski definition) is 2. The van der Waals surface area contributed by atoms with Gasteiger partial charge < -0.3 is 10.5 Å². The lowest BCUT2D eigenvalue weighted by atomic mass is 9.98. The predicted molar refractivity (Wildman–Crippen MR) is 55.1 cm³/mol. The third-order valence-electron chi connectivity index (χ3n) is 3.27. The lowest BCUT2D eigenvalue weighted by molar-refractivity contribution is 0.110. The van der Waals surface area contributed by atoms with Gasteiger partial charge in [-0.1, -0.05) is 18.2 Å². The highest BCUT2D eigenvalue weighted by Gasteiger charge is 2.35. The smallest absolute Gasteiger partial charge is 0.0719 e. The summed E-state index contributed by atoms with van der Waals surface area (Å²) in [7, 11) is 0. The SMILES string of the molecule is NC1CC1c1ccc2c(c1)CCOC2. The zero-order valence-electron chi connectivity index (χ0n) is 8.20. The molecule has 74 valence electrons. The van der Waals surface area contributed by atoms with Gasteiger partial charge >= 0.3 is 0 Å². The Morgan fingerprint density at radius 1 is 1.29 bits per heavy atom. The van der Waals surface area contributed by atoms with Gasteiger partial charge in [0.1, 0.15) is 0 Å². The summed E-state index contributed by atoms with van der Waals surface area (Å²) in [6.45, 7) is 1.65. The van der Waals surface area contributed by atoms with E-state index in [2.05, 4.69) is 18.2 Å². The first-order chi connectivity index (χ1) is 6.84. The first-order valence-corrected chi connectivity index (χ1v) is 5.29. The van der Waals surface area contributed by atoms with Crippen LogP contribution in [0.3, 0.4) is 0 Å². The van der Waals surface area contributed by atoms with Gasteiger partial charge in [0.05, 0.1) is 13.2 Å². The van der Waals surface area contributed by atoms with Gasteiger partial charge in [0, 0.05) is 12.0 Å². The van der Waals surface area contributed by atoms with Gasteiger partial charge in [-0.2, -0.15) is 0 Å². The van der Waals surface area contributed by atoms with E-state index in [0.29, 0.717) is 12.0 Å². The topological polar surface area (TPSA) is 35.2 Å². The van der Waals surface area contributed by atoms with E-state index < -0.39 is 0 Å². The maximum atomic E-state index is 5.85. The molecule has 1 aromatic rings. The van der Waals surface area contributed by atoms with Crippen LogP contribution < -0.4 is 5.73 Å². The fourth-order valence-electron chi connectivity index (χ4n) is 2.21. The summed E-state index contributed by atoms with van der Waals surface area (Å²) in [4.78, 5) is 0. The molecule has 2 nitrogen and oxygen atoms in total. The summed E-state index contributed by atoms with van der Waals surface area (Å²) in [5, 5.41) is 0. The molecule has 0 radical (unpaired) electrons. The fourth-order valence-corrected chi connectivity index (χ4v) is 2.21. The zero-order valence-corrected chi connectivity index (χ0v) is 8.20. The molecule has 1 saturated carbocycles. The van der Waals surface area contributed by atoms with Gasteiger partial charge in [-0.15, -0.1) is 0 Å². The maximum absolute atomic E-state index is 5.85. The molecule has 0 aromatic heterocycles. The molecule has 1 heterocycles. The molecular weight excluding hydrogens is 174 g/mol. The van der Waals surface area contributed by atoms with Crippen LogP contribution in [-0.2, 0) is 17.8 Å². The molecule has 0 amide bonds. The van der Waals surface area contributed by atoms with Gasteiger partial charge in [0.25, 0.3) is 0 Å². The van der Waals surface area contributed by atoms with E-state index in [0.717, 1.165) is 26.1 Å². The van der Waals surface area contributed by atoms with Crippen LogP contribution in [0.25, 0.3) is 0 Å². The Bertz CT molecular complexity index is 361. The standard InChI is InChI=1S/C12H15NO/c13-12-6-11(12)9-1-2-10-7-14-4-3-8(10)5-9/h1-2,5,11-12H,3-4,6-7,13H2. The van der Waals surface area contributed by atoms with Gasteiger partial charge in [0.15, 0.2) is 0 Å². The van der Waals surface area contributed by atoms with Crippen LogP contribution in [0.2, 0.25) is 0 Å². The largest absolute Gasteiger partial charge is 0.376 e. The number of fused-ring (bicyclic) bond motifs is 1. The maximum Gasteiger partial charge on any atom is 0.0719 e. The number of nitrogens with two attached hydrogens (primary N) is 1. The Kier molecular flexibility index (Phi) is 1.85. The predicted octanol–water partition coefficient (Wildman–Crippen LogP) is 1.57. The van der Waals surface area contributed by atoms with Crippen molar-refractivity contribution in [3.05, 3.63) is 34.9 Å².